The molecule has 16 heavy (non-hydrogen) atoms. The summed E-state index contributed by atoms with van der Waals surface area (Å²) in [6, 6.07) is 0.897. The van der Waals surface area contributed by atoms with E-state index >= 15 is 0 Å². The topological polar surface area (TPSA) is 46.9 Å². The summed E-state index contributed by atoms with van der Waals surface area (Å²) in [5.74, 6) is 0. The minimum atomic E-state index is -0.266. The van der Waals surface area contributed by atoms with Gasteiger partial charge >= 0.3 is 0 Å². The van der Waals surface area contributed by atoms with E-state index in [0.29, 0.717) is 12.1 Å². The Labute approximate surface area is 98.9 Å². The summed E-state index contributed by atoms with van der Waals surface area (Å²) in [6.45, 7) is 11.5. The standard InChI is InChI=1S/C12H26N2O2/c1-9-5-14(8-12(4)16)10(2)6-13(9)7-11(3)15/h9-12,15-16H,5-8H2,1-4H3. The maximum absolute atomic E-state index is 9.42. The molecule has 0 bridgehead atoms. The molecule has 0 aromatic carbocycles. The van der Waals surface area contributed by atoms with Crippen LogP contribution in [0.15, 0.2) is 0 Å². The maximum Gasteiger partial charge on any atom is 0.0639 e. The zero-order valence-electron chi connectivity index (χ0n) is 10.9. The molecule has 1 aliphatic heterocycles. The number of hydrogen-bond donors (Lipinski definition) is 2. The Morgan fingerprint density at radius 1 is 0.938 bits per heavy atom. The van der Waals surface area contributed by atoms with E-state index < -0.39 is 0 Å². The highest BCUT2D eigenvalue weighted by Gasteiger charge is 2.29. The van der Waals surface area contributed by atoms with Crippen molar-refractivity contribution in [3.63, 3.8) is 0 Å². The minimum Gasteiger partial charge on any atom is -0.392 e. The molecular weight excluding hydrogens is 204 g/mol. The third-order valence-corrected chi connectivity index (χ3v) is 3.24. The number of aliphatic hydroxyl groups excluding tert-OH is 2. The number of rotatable bonds is 4. The van der Waals surface area contributed by atoms with Gasteiger partial charge in [-0.25, -0.2) is 0 Å². The molecule has 2 N–H and O–H groups in total. The largest absolute Gasteiger partial charge is 0.392 e. The lowest BCUT2D eigenvalue weighted by molar-refractivity contribution is -0.00115. The zero-order chi connectivity index (χ0) is 12.3. The van der Waals surface area contributed by atoms with Crippen LogP contribution in [0.5, 0.6) is 0 Å². The van der Waals surface area contributed by atoms with E-state index in [2.05, 4.69) is 23.6 Å². The van der Waals surface area contributed by atoms with Gasteiger partial charge in [-0.1, -0.05) is 0 Å². The van der Waals surface area contributed by atoms with Gasteiger partial charge in [0.1, 0.15) is 0 Å². The van der Waals surface area contributed by atoms with Crippen LogP contribution in [0.4, 0.5) is 0 Å². The van der Waals surface area contributed by atoms with E-state index in [1.807, 2.05) is 13.8 Å². The molecule has 0 amide bonds. The van der Waals surface area contributed by atoms with Crippen LogP contribution in [0.25, 0.3) is 0 Å². The van der Waals surface area contributed by atoms with Crippen molar-refractivity contribution in [1.29, 1.82) is 0 Å². The summed E-state index contributed by atoms with van der Waals surface area (Å²) >= 11 is 0. The fraction of sp³-hybridized carbons (Fsp3) is 1.00. The smallest absolute Gasteiger partial charge is 0.0639 e. The number of aliphatic hydroxyl groups is 2. The highest BCUT2D eigenvalue weighted by Crippen LogP contribution is 2.15. The Kier molecular flexibility index (Phi) is 5.18. The second-order valence-electron chi connectivity index (χ2n) is 5.30. The molecule has 0 radical (unpaired) electrons. The van der Waals surface area contributed by atoms with E-state index in [1.165, 1.54) is 0 Å². The summed E-state index contributed by atoms with van der Waals surface area (Å²) in [7, 11) is 0. The lowest BCUT2D eigenvalue weighted by Crippen LogP contribution is -2.58. The van der Waals surface area contributed by atoms with Crippen LogP contribution in [-0.2, 0) is 0 Å². The van der Waals surface area contributed by atoms with Crippen molar-refractivity contribution in [3.05, 3.63) is 0 Å². The summed E-state index contributed by atoms with van der Waals surface area (Å²) < 4.78 is 0. The number of piperazine rings is 1. The van der Waals surface area contributed by atoms with Crippen molar-refractivity contribution in [2.75, 3.05) is 26.2 Å². The van der Waals surface area contributed by atoms with Gasteiger partial charge in [-0.3, -0.25) is 9.80 Å². The molecule has 0 saturated carbocycles. The van der Waals surface area contributed by atoms with E-state index in [4.69, 9.17) is 0 Å². The quantitative estimate of drug-likeness (QED) is 0.721. The average Bonchev–Trinajstić information content (AvgIpc) is 2.11. The van der Waals surface area contributed by atoms with Crippen LogP contribution in [0, 0.1) is 0 Å². The van der Waals surface area contributed by atoms with Crippen molar-refractivity contribution in [2.24, 2.45) is 0 Å². The summed E-state index contributed by atoms with van der Waals surface area (Å²) in [6.07, 6.45) is -0.532. The molecule has 4 heteroatoms. The maximum atomic E-state index is 9.42. The highest BCUT2D eigenvalue weighted by molar-refractivity contribution is 4.85. The van der Waals surface area contributed by atoms with Crippen LogP contribution in [0.1, 0.15) is 27.7 Å². The Bertz CT molecular complexity index is 187. The third-order valence-electron chi connectivity index (χ3n) is 3.24. The Morgan fingerprint density at radius 2 is 1.25 bits per heavy atom. The van der Waals surface area contributed by atoms with Gasteiger partial charge in [0.25, 0.3) is 0 Å². The van der Waals surface area contributed by atoms with E-state index in [1.54, 1.807) is 0 Å². The van der Waals surface area contributed by atoms with Crippen molar-refractivity contribution >= 4 is 0 Å². The molecule has 0 aromatic heterocycles. The van der Waals surface area contributed by atoms with Crippen LogP contribution in [-0.4, -0.2) is 70.5 Å². The summed E-state index contributed by atoms with van der Waals surface area (Å²) in [5.41, 5.74) is 0. The van der Waals surface area contributed by atoms with Crippen molar-refractivity contribution in [2.45, 2.75) is 52.0 Å². The molecule has 4 nitrogen and oxygen atoms in total. The third kappa shape index (κ3) is 4.01. The minimum absolute atomic E-state index is 0.266. The second kappa shape index (κ2) is 5.96. The number of hydrogen-bond acceptors (Lipinski definition) is 4. The van der Waals surface area contributed by atoms with Crippen molar-refractivity contribution in [3.8, 4) is 0 Å². The van der Waals surface area contributed by atoms with E-state index in [9.17, 15) is 10.2 Å². The van der Waals surface area contributed by atoms with E-state index in [0.717, 1.165) is 26.2 Å². The molecule has 0 aliphatic carbocycles. The van der Waals surface area contributed by atoms with Crippen LogP contribution < -0.4 is 0 Å². The molecule has 1 rings (SSSR count). The summed E-state index contributed by atoms with van der Waals surface area (Å²) in [5, 5.41) is 18.8. The first-order valence-corrected chi connectivity index (χ1v) is 6.24. The van der Waals surface area contributed by atoms with Gasteiger partial charge in [-0.05, 0) is 27.7 Å². The van der Waals surface area contributed by atoms with E-state index in [-0.39, 0.29) is 12.2 Å². The molecule has 0 aromatic rings. The van der Waals surface area contributed by atoms with Gasteiger partial charge in [-0.15, -0.1) is 0 Å². The molecule has 1 heterocycles. The SMILES string of the molecule is CC(O)CN1CC(C)N(CC(C)O)CC1C. The van der Waals surface area contributed by atoms with Crippen molar-refractivity contribution in [1.82, 2.24) is 9.80 Å². The molecule has 0 spiro atoms. The molecule has 1 fully saturated rings. The molecule has 4 unspecified atom stereocenters. The average molecular weight is 230 g/mol. The lowest BCUT2D eigenvalue weighted by Gasteiger charge is -2.45. The Hall–Kier alpha value is -0.160. The fourth-order valence-corrected chi connectivity index (χ4v) is 2.46. The molecule has 1 saturated heterocycles. The predicted molar refractivity (Wildman–Crippen MR) is 65.4 cm³/mol. The fourth-order valence-electron chi connectivity index (χ4n) is 2.46. The highest BCUT2D eigenvalue weighted by atomic mass is 16.3. The summed E-state index contributed by atoms with van der Waals surface area (Å²) in [4.78, 5) is 4.65. The van der Waals surface area contributed by atoms with Crippen LogP contribution in [0.3, 0.4) is 0 Å². The van der Waals surface area contributed by atoms with Gasteiger partial charge in [0, 0.05) is 38.3 Å². The molecule has 96 valence electrons. The van der Waals surface area contributed by atoms with Crippen LogP contribution in [0.2, 0.25) is 0 Å². The zero-order valence-corrected chi connectivity index (χ0v) is 10.9. The first-order chi connectivity index (χ1) is 7.40. The first-order valence-electron chi connectivity index (χ1n) is 6.24. The monoisotopic (exact) mass is 230 g/mol. The van der Waals surface area contributed by atoms with Gasteiger partial charge < -0.3 is 10.2 Å². The van der Waals surface area contributed by atoms with Gasteiger partial charge in [0.05, 0.1) is 12.2 Å². The van der Waals surface area contributed by atoms with Crippen LogP contribution >= 0.6 is 0 Å². The normalized spacial score (nSPS) is 32.6. The predicted octanol–water partition coefficient (Wildman–Crippen LogP) is 0.143. The van der Waals surface area contributed by atoms with Crippen molar-refractivity contribution < 1.29 is 10.2 Å². The number of β-amino-alcohol motifs (C(OH)–C–C–N with tert-alkyl or cyclic N) is 2. The first kappa shape index (κ1) is 13.9. The molecule has 1 aliphatic rings. The lowest BCUT2D eigenvalue weighted by atomic mass is 10.1. The second-order valence-corrected chi connectivity index (χ2v) is 5.30. The Balaban J connectivity index is 2.49. The molecular formula is C12H26N2O2. The molecule has 4 atom stereocenters. The number of nitrogens with zero attached hydrogens (tertiary/aromatic N) is 2. The Morgan fingerprint density at radius 3 is 1.50 bits per heavy atom. The van der Waals surface area contributed by atoms with Gasteiger partial charge in [0.15, 0.2) is 0 Å². The van der Waals surface area contributed by atoms with Gasteiger partial charge in [-0.2, -0.15) is 0 Å². The van der Waals surface area contributed by atoms with Gasteiger partial charge in [0.2, 0.25) is 0 Å².